The lowest BCUT2D eigenvalue weighted by molar-refractivity contribution is 0.0520. The van der Waals surface area contributed by atoms with Gasteiger partial charge < -0.3 is 14.6 Å². The molecule has 0 unspecified atom stereocenters. The Labute approximate surface area is 146 Å². The van der Waals surface area contributed by atoms with E-state index >= 15 is 0 Å². The van der Waals surface area contributed by atoms with Crippen molar-refractivity contribution in [3.63, 3.8) is 0 Å². The van der Waals surface area contributed by atoms with E-state index in [2.05, 4.69) is 22.1 Å². The predicted molar refractivity (Wildman–Crippen MR) is 102 cm³/mol. The van der Waals surface area contributed by atoms with Gasteiger partial charge in [0.2, 0.25) is 0 Å². The van der Waals surface area contributed by atoms with Gasteiger partial charge >= 0.3 is 5.97 Å². The van der Waals surface area contributed by atoms with E-state index in [0.717, 1.165) is 27.5 Å². The van der Waals surface area contributed by atoms with Gasteiger partial charge in [0.1, 0.15) is 5.69 Å². The van der Waals surface area contributed by atoms with Crippen molar-refractivity contribution in [2.75, 3.05) is 11.5 Å². The Bertz CT molecular complexity index is 958. The fourth-order valence-electron chi connectivity index (χ4n) is 2.81. The summed E-state index contributed by atoms with van der Waals surface area (Å²) >= 11 is 0. The van der Waals surface area contributed by atoms with Crippen molar-refractivity contribution < 1.29 is 9.53 Å². The third-order valence-corrected chi connectivity index (χ3v) is 3.87. The first-order valence-electron chi connectivity index (χ1n) is 8.30. The summed E-state index contributed by atoms with van der Waals surface area (Å²) in [6.45, 7) is 6.08. The van der Waals surface area contributed by atoms with E-state index < -0.39 is 5.97 Å². The first-order valence-corrected chi connectivity index (χ1v) is 8.30. The van der Waals surface area contributed by atoms with Crippen LogP contribution in [0.15, 0.2) is 55.0 Å². The second-order valence-electron chi connectivity index (χ2n) is 5.56. The number of fused-ring (bicyclic) bond motifs is 3. The summed E-state index contributed by atoms with van der Waals surface area (Å²) in [4.78, 5) is 21.6. The van der Waals surface area contributed by atoms with Gasteiger partial charge in [0, 0.05) is 34.4 Å². The van der Waals surface area contributed by atoms with E-state index in [1.54, 1.807) is 19.2 Å². The monoisotopic (exact) mass is 335 g/mol. The van der Waals surface area contributed by atoms with Crippen LogP contribution in [-0.4, -0.2) is 22.5 Å². The largest absolute Gasteiger partial charge is 0.461 e. The molecule has 128 valence electrons. The first kappa shape index (κ1) is 16.8. The summed E-state index contributed by atoms with van der Waals surface area (Å²) in [7, 11) is 0. The molecule has 5 heteroatoms. The molecule has 0 aliphatic heterocycles. The molecule has 0 radical (unpaired) electrons. The summed E-state index contributed by atoms with van der Waals surface area (Å²) < 4.78 is 5.05. The maximum atomic E-state index is 12.0. The van der Waals surface area contributed by atoms with E-state index in [-0.39, 0.29) is 0 Å². The molecule has 25 heavy (non-hydrogen) atoms. The van der Waals surface area contributed by atoms with Gasteiger partial charge in [-0.2, -0.15) is 0 Å². The molecule has 1 N–H and O–H groups in total. The van der Waals surface area contributed by atoms with Gasteiger partial charge in [0.15, 0.2) is 0 Å². The number of aromatic nitrogens is 2. The molecule has 5 nitrogen and oxygen atoms in total. The number of allylic oxidation sites excluding steroid dienone is 2. The molecule has 3 aromatic rings. The maximum absolute atomic E-state index is 12.0. The predicted octanol–water partition coefficient (Wildman–Crippen LogP) is 4.77. The molecule has 3 rings (SSSR count). The fraction of sp³-hybridized carbons (Fsp3) is 0.200. The Morgan fingerprint density at radius 1 is 1.16 bits per heavy atom. The molecule has 0 amide bonds. The van der Waals surface area contributed by atoms with E-state index in [0.29, 0.717) is 12.3 Å². The van der Waals surface area contributed by atoms with E-state index in [1.807, 2.05) is 49.4 Å². The summed E-state index contributed by atoms with van der Waals surface area (Å²) in [6.07, 6.45) is 9.66. The number of hydrogen-bond donors (Lipinski definition) is 1. The first-order chi connectivity index (χ1) is 12.2. The number of H-pyrrole nitrogens is 1. The van der Waals surface area contributed by atoms with Crippen LogP contribution in [0, 0.1) is 0 Å². The molecule has 0 bridgehead atoms. The van der Waals surface area contributed by atoms with Gasteiger partial charge in [-0.15, -0.1) is 0 Å². The van der Waals surface area contributed by atoms with Crippen molar-refractivity contribution in [2.24, 2.45) is 0 Å². The second-order valence-corrected chi connectivity index (χ2v) is 5.56. The van der Waals surface area contributed by atoms with Gasteiger partial charge in [0.05, 0.1) is 18.3 Å². The number of benzene rings is 1. The fourth-order valence-corrected chi connectivity index (χ4v) is 2.81. The van der Waals surface area contributed by atoms with Crippen molar-refractivity contribution in [3.8, 4) is 0 Å². The summed E-state index contributed by atoms with van der Waals surface area (Å²) in [5.74, 6) is -0.403. The number of aromatic amines is 1. The Hall–Kier alpha value is -3.08. The molecule has 2 heterocycles. The highest BCUT2D eigenvalue weighted by Gasteiger charge is 2.13. The van der Waals surface area contributed by atoms with Crippen LogP contribution >= 0.6 is 0 Å². The van der Waals surface area contributed by atoms with Crippen molar-refractivity contribution in [3.05, 3.63) is 60.7 Å². The van der Waals surface area contributed by atoms with Gasteiger partial charge in [-0.25, -0.2) is 9.78 Å². The average Bonchev–Trinajstić information content (AvgIpc) is 2.98. The summed E-state index contributed by atoms with van der Waals surface area (Å²) in [5.41, 5.74) is 3.25. The van der Waals surface area contributed by atoms with E-state index in [4.69, 9.17) is 4.74 Å². The third kappa shape index (κ3) is 3.26. The lowest BCUT2D eigenvalue weighted by Crippen LogP contribution is -2.06. The highest BCUT2D eigenvalue weighted by Crippen LogP contribution is 2.29. The number of nitrogens with one attached hydrogen (secondary N) is 1. The smallest absolute Gasteiger partial charge is 0.356 e. The number of carbonyl (C=O) groups excluding carboxylic acids is 1. The molecule has 0 saturated heterocycles. The van der Waals surface area contributed by atoms with Crippen LogP contribution in [0.2, 0.25) is 0 Å². The Balaban J connectivity index is 2.15. The number of esters is 1. The number of anilines is 1. The van der Waals surface area contributed by atoms with Gasteiger partial charge in [-0.3, -0.25) is 0 Å². The topological polar surface area (TPSA) is 58.2 Å². The van der Waals surface area contributed by atoms with Crippen LogP contribution in [-0.2, 0) is 4.74 Å². The zero-order valence-corrected chi connectivity index (χ0v) is 14.6. The molecule has 0 atom stereocenters. The molecule has 0 aliphatic carbocycles. The summed E-state index contributed by atoms with van der Waals surface area (Å²) in [5, 5.41) is 2.00. The lowest BCUT2D eigenvalue weighted by Gasteiger charge is -2.15. The van der Waals surface area contributed by atoms with Crippen LogP contribution < -0.4 is 4.90 Å². The van der Waals surface area contributed by atoms with Crippen LogP contribution in [0.4, 0.5) is 5.69 Å². The Morgan fingerprint density at radius 3 is 2.56 bits per heavy atom. The number of ether oxygens (including phenoxy) is 1. The minimum atomic E-state index is -0.403. The minimum absolute atomic E-state index is 0.319. The number of rotatable bonds is 5. The van der Waals surface area contributed by atoms with Crippen LogP contribution in [0.5, 0.6) is 0 Å². The Kier molecular flexibility index (Phi) is 4.84. The standard InChI is InChI=1S/C20H21N3O2/c1-4-9-23(10-5-2)14-7-8-17-15(11-14)16-12-18(20(24)25-6-3)21-13-19(16)22-17/h4-5,7-13,22H,6H2,1-3H3. The van der Waals surface area contributed by atoms with Crippen molar-refractivity contribution in [2.45, 2.75) is 20.8 Å². The normalized spacial score (nSPS) is 11.8. The van der Waals surface area contributed by atoms with E-state index in [9.17, 15) is 4.79 Å². The number of hydrogen-bond acceptors (Lipinski definition) is 4. The summed E-state index contributed by atoms with van der Waals surface area (Å²) in [6, 6.07) is 7.97. The molecule has 0 saturated carbocycles. The quantitative estimate of drug-likeness (QED) is 0.683. The zero-order chi connectivity index (χ0) is 17.8. The Morgan fingerprint density at radius 2 is 1.88 bits per heavy atom. The van der Waals surface area contributed by atoms with Crippen molar-refractivity contribution in [1.82, 2.24) is 9.97 Å². The molecular weight excluding hydrogens is 314 g/mol. The highest BCUT2D eigenvalue weighted by atomic mass is 16.5. The van der Waals surface area contributed by atoms with Gasteiger partial charge in [0.25, 0.3) is 0 Å². The maximum Gasteiger partial charge on any atom is 0.356 e. The molecule has 0 spiro atoms. The zero-order valence-electron chi connectivity index (χ0n) is 14.6. The molecule has 1 aromatic carbocycles. The number of nitrogens with zero attached hydrogens (tertiary/aromatic N) is 2. The van der Waals surface area contributed by atoms with Crippen LogP contribution in [0.3, 0.4) is 0 Å². The molecule has 0 aliphatic rings. The lowest BCUT2D eigenvalue weighted by atomic mass is 10.1. The second kappa shape index (κ2) is 7.21. The average molecular weight is 335 g/mol. The van der Waals surface area contributed by atoms with Crippen molar-refractivity contribution in [1.29, 1.82) is 0 Å². The molecule has 0 fully saturated rings. The minimum Gasteiger partial charge on any atom is -0.461 e. The SMILES string of the molecule is CC=CN(C=CC)c1ccc2[nH]c3cnc(C(=O)OCC)cc3c2c1. The van der Waals surface area contributed by atoms with E-state index in [1.165, 1.54) is 0 Å². The van der Waals surface area contributed by atoms with Gasteiger partial charge in [-0.1, -0.05) is 12.2 Å². The van der Waals surface area contributed by atoms with Crippen LogP contribution in [0.1, 0.15) is 31.3 Å². The molecular formula is C20H21N3O2. The van der Waals surface area contributed by atoms with Gasteiger partial charge in [-0.05, 0) is 45.0 Å². The van der Waals surface area contributed by atoms with Crippen molar-refractivity contribution >= 4 is 33.5 Å². The highest BCUT2D eigenvalue weighted by molar-refractivity contribution is 6.09. The van der Waals surface area contributed by atoms with Crippen LogP contribution in [0.25, 0.3) is 21.8 Å². The molecule has 2 aromatic heterocycles. The number of pyridine rings is 1. The number of carbonyl (C=O) groups is 1. The third-order valence-electron chi connectivity index (χ3n) is 3.87.